The van der Waals surface area contributed by atoms with E-state index in [1.54, 1.807) is 18.5 Å². The van der Waals surface area contributed by atoms with Crippen LogP contribution in [0.15, 0.2) is 9.59 Å². The molecule has 0 saturated heterocycles. The van der Waals surface area contributed by atoms with Crippen LogP contribution in [0.5, 0.6) is 0 Å². The van der Waals surface area contributed by atoms with Gasteiger partial charge in [0.15, 0.2) is 17.0 Å². The third-order valence-electron chi connectivity index (χ3n) is 4.90. The van der Waals surface area contributed by atoms with E-state index in [2.05, 4.69) is 23.8 Å². The van der Waals surface area contributed by atoms with Crippen LogP contribution in [-0.2, 0) is 23.1 Å². The maximum absolute atomic E-state index is 12.6. The highest BCUT2D eigenvalue weighted by Gasteiger charge is 2.29. The Balaban J connectivity index is 2.72. The van der Waals surface area contributed by atoms with E-state index in [0.29, 0.717) is 24.4 Å². The molecule has 2 heterocycles. The van der Waals surface area contributed by atoms with Crippen LogP contribution in [-0.4, -0.2) is 44.8 Å². The number of nitrogens with zero attached hydrogens (tertiary/aromatic N) is 3. The zero-order chi connectivity index (χ0) is 20.8. The zero-order valence-corrected chi connectivity index (χ0v) is 17.5. The van der Waals surface area contributed by atoms with E-state index in [9.17, 15) is 14.4 Å². The van der Waals surface area contributed by atoms with Crippen molar-refractivity contribution in [1.29, 1.82) is 0 Å². The summed E-state index contributed by atoms with van der Waals surface area (Å²) in [6.45, 7) is 10.6. The fourth-order valence-electron chi connectivity index (χ4n) is 3.63. The first kappa shape index (κ1) is 21.9. The SMILES string of the molecule is CCC[NH+](CCC)Cc1nc2c(c(=O)[nH]c(=O)n2C)n1[C@@H](CC)C(=O)OCC. The lowest BCUT2D eigenvalue weighted by Gasteiger charge is -2.21. The Morgan fingerprint density at radius 1 is 1.18 bits per heavy atom. The van der Waals surface area contributed by atoms with Gasteiger partial charge < -0.3 is 14.2 Å². The van der Waals surface area contributed by atoms with E-state index in [4.69, 9.17) is 4.74 Å². The van der Waals surface area contributed by atoms with Gasteiger partial charge in [-0.1, -0.05) is 20.8 Å². The minimum absolute atomic E-state index is 0.240. The molecular formula is C19H32N5O4+. The molecule has 0 unspecified atom stereocenters. The number of imidazole rings is 1. The van der Waals surface area contributed by atoms with Crippen LogP contribution >= 0.6 is 0 Å². The number of esters is 1. The molecule has 0 radical (unpaired) electrons. The molecule has 0 aliphatic heterocycles. The molecule has 156 valence electrons. The summed E-state index contributed by atoms with van der Waals surface area (Å²) in [4.78, 5) is 45.6. The fourth-order valence-corrected chi connectivity index (χ4v) is 3.63. The second kappa shape index (κ2) is 9.68. The van der Waals surface area contributed by atoms with Gasteiger partial charge in [0.1, 0.15) is 12.6 Å². The minimum atomic E-state index is -0.664. The molecule has 0 spiro atoms. The number of hydrogen-bond acceptors (Lipinski definition) is 5. The Labute approximate surface area is 164 Å². The highest BCUT2D eigenvalue weighted by molar-refractivity contribution is 5.79. The van der Waals surface area contributed by atoms with Crippen molar-refractivity contribution in [2.24, 2.45) is 7.05 Å². The number of quaternary nitrogens is 1. The van der Waals surface area contributed by atoms with Gasteiger partial charge in [0.05, 0.1) is 19.7 Å². The van der Waals surface area contributed by atoms with Crippen molar-refractivity contribution in [2.75, 3.05) is 19.7 Å². The third kappa shape index (κ3) is 4.35. The summed E-state index contributed by atoms with van der Waals surface area (Å²) in [6, 6.07) is -0.664. The minimum Gasteiger partial charge on any atom is -0.464 e. The van der Waals surface area contributed by atoms with Crippen LogP contribution in [0.4, 0.5) is 0 Å². The number of aryl methyl sites for hydroxylation is 1. The maximum Gasteiger partial charge on any atom is 0.329 e. The maximum atomic E-state index is 12.6. The van der Waals surface area contributed by atoms with Crippen molar-refractivity contribution >= 4 is 17.1 Å². The predicted molar refractivity (Wildman–Crippen MR) is 107 cm³/mol. The number of carbonyl (C=O) groups is 1. The number of hydrogen-bond donors (Lipinski definition) is 2. The van der Waals surface area contributed by atoms with Crippen molar-refractivity contribution < 1.29 is 14.4 Å². The van der Waals surface area contributed by atoms with Crippen LogP contribution in [0.1, 0.15) is 58.8 Å². The Morgan fingerprint density at radius 2 is 1.82 bits per heavy atom. The number of fused-ring (bicyclic) bond motifs is 1. The molecule has 1 atom stereocenters. The van der Waals surface area contributed by atoms with Crippen molar-refractivity contribution in [2.45, 2.75) is 59.5 Å². The first-order valence-corrected chi connectivity index (χ1v) is 10.1. The normalized spacial score (nSPS) is 12.6. The lowest BCUT2D eigenvalue weighted by molar-refractivity contribution is -0.914. The van der Waals surface area contributed by atoms with Gasteiger partial charge in [-0.3, -0.25) is 14.3 Å². The van der Waals surface area contributed by atoms with Gasteiger partial charge in [-0.2, -0.15) is 0 Å². The molecule has 9 nitrogen and oxygen atoms in total. The monoisotopic (exact) mass is 394 g/mol. The van der Waals surface area contributed by atoms with E-state index in [0.717, 1.165) is 25.9 Å². The van der Waals surface area contributed by atoms with Gasteiger partial charge in [-0.25, -0.2) is 14.6 Å². The van der Waals surface area contributed by atoms with Crippen LogP contribution in [0, 0.1) is 0 Å². The molecule has 2 N–H and O–H groups in total. The van der Waals surface area contributed by atoms with Crippen molar-refractivity contribution in [3.05, 3.63) is 26.7 Å². The Bertz CT molecular complexity index is 921. The molecule has 0 aromatic carbocycles. The highest BCUT2D eigenvalue weighted by Crippen LogP contribution is 2.21. The average molecular weight is 394 g/mol. The molecule has 0 bridgehead atoms. The Kier molecular flexibility index (Phi) is 7.56. The molecule has 2 rings (SSSR count). The smallest absolute Gasteiger partial charge is 0.329 e. The summed E-state index contributed by atoms with van der Waals surface area (Å²) >= 11 is 0. The second-order valence-corrected chi connectivity index (χ2v) is 6.99. The van der Waals surface area contributed by atoms with Crippen LogP contribution < -0.4 is 16.1 Å². The predicted octanol–water partition coefficient (Wildman–Crippen LogP) is 0.142. The van der Waals surface area contributed by atoms with Gasteiger partial charge in [0, 0.05) is 7.05 Å². The molecule has 0 aliphatic rings. The van der Waals surface area contributed by atoms with Crippen molar-refractivity contribution in [3.63, 3.8) is 0 Å². The van der Waals surface area contributed by atoms with E-state index in [1.165, 1.54) is 9.47 Å². The first-order valence-electron chi connectivity index (χ1n) is 10.1. The number of aromatic amines is 1. The molecule has 0 fully saturated rings. The average Bonchev–Trinajstić information content (AvgIpc) is 3.01. The quantitative estimate of drug-likeness (QED) is 0.558. The lowest BCUT2D eigenvalue weighted by atomic mass is 10.2. The fraction of sp³-hybridized carbons (Fsp3) is 0.684. The van der Waals surface area contributed by atoms with Gasteiger partial charge >= 0.3 is 11.7 Å². The van der Waals surface area contributed by atoms with Gasteiger partial charge in [0.25, 0.3) is 5.56 Å². The van der Waals surface area contributed by atoms with E-state index in [1.807, 2.05) is 6.92 Å². The Hall–Kier alpha value is -2.42. The second-order valence-electron chi connectivity index (χ2n) is 6.99. The number of ether oxygens (including phenoxy) is 1. The Morgan fingerprint density at radius 3 is 2.36 bits per heavy atom. The summed E-state index contributed by atoms with van der Waals surface area (Å²) in [5, 5.41) is 0. The zero-order valence-electron chi connectivity index (χ0n) is 17.5. The molecule has 2 aromatic heterocycles. The standard InChI is InChI=1S/C19H31N5O4/c1-6-10-23(11-7-2)12-14-20-16-15(17(25)21-19(27)22(16)5)24(14)13(8-3)18(26)28-9-4/h13H,6-12H2,1-5H3,(H,21,25,27)/p+1/t13-/m0/s1. The van der Waals surface area contributed by atoms with Gasteiger partial charge in [0.2, 0.25) is 0 Å². The molecule has 9 heteroatoms. The largest absolute Gasteiger partial charge is 0.464 e. The number of rotatable bonds is 10. The number of aromatic nitrogens is 4. The third-order valence-corrected chi connectivity index (χ3v) is 4.90. The first-order chi connectivity index (χ1) is 13.4. The topological polar surface area (TPSA) is 103 Å². The molecule has 0 saturated carbocycles. The van der Waals surface area contributed by atoms with Crippen LogP contribution in [0.3, 0.4) is 0 Å². The number of H-pyrrole nitrogens is 1. The van der Waals surface area contributed by atoms with Gasteiger partial charge in [-0.15, -0.1) is 0 Å². The molecule has 0 aliphatic carbocycles. The summed E-state index contributed by atoms with van der Waals surface area (Å²) in [7, 11) is 1.57. The van der Waals surface area contributed by atoms with Crippen LogP contribution in [0.25, 0.3) is 11.2 Å². The van der Waals surface area contributed by atoms with Crippen molar-refractivity contribution in [1.82, 2.24) is 19.1 Å². The van der Waals surface area contributed by atoms with Crippen LogP contribution in [0.2, 0.25) is 0 Å². The highest BCUT2D eigenvalue weighted by atomic mass is 16.5. The van der Waals surface area contributed by atoms with Crippen molar-refractivity contribution in [3.8, 4) is 0 Å². The summed E-state index contributed by atoms with van der Waals surface area (Å²) in [5.74, 6) is 0.227. The summed E-state index contributed by atoms with van der Waals surface area (Å²) in [6.07, 6.45) is 2.49. The van der Waals surface area contributed by atoms with E-state index >= 15 is 0 Å². The lowest BCUT2D eigenvalue weighted by Crippen LogP contribution is -3.10. The van der Waals surface area contributed by atoms with E-state index in [-0.39, 0.29) is 12.1 Å². The number of carbonyl (C=O) groups excluding carboxylic acids is 1. The summed E-state index contributed by atoms with van der Waals surface area (Å²) < 4.78 is 8.23. The number of nitrogens with one attached hydrogen (secondary N) is 2. The van der Waals surface area contributed by atoms with E-state index < -0.39 is 23.3 Å². The molecular weight excluding hydrogens is 362 g/mol. The molecule has 28 heavy (non-hydrogen) atoms. The van der Waals surface area contributed by atoms with Gasteiger partial charge in [-0.05, 0) is 26.2 Å². The molecule has 2 aromatic rings. The molecule has 0 amide bonds. The summed E-state index contributed by atoms with van der Waals surface area (Å²) in [5.41, 5.74) is -0.528.